The predicted octanol–water partition coefficient (Wildman–Crippen LogP) is 5.04. The second-order valence-corrected chi connectivity index (χ2v) is 6.78. The Kier molecular flexibility index (Phi) is 4.32. The molecule has 136 valence electrons. The van der Waals surface area contributed by atoms with Crippen LogP contribution in [-0.2, 0) is 7.05 Å². The normalized spacial score (nSPS) is 11.3. The minimum Gasteiger partial charge on any atom is -0.325 e. The molecule has 0 bridgehead atoms. The first-order valence-electron chi connectivity index (χ1n) is 8.83. The Bertz CT molecular complexity index is 1100. The summed E-state index contributed by atoms with van der Waals surface area (Å²) in [6.07, 6.45) is 2.92. The minimum absolute atomic E-state index is 0.318. The van der Waals surface area contributed by atoms with E-state index in [0.29, 0.717) is 23.1 Å². The molecule has 3 aromatic heterocycles. The molecule has 0 unspecified atom stereocenters. The first kappa shape index (κ1) is 17.1. The molecule has 1 N–H and O–H groups in total. The highest BCUT2D eigenvalue weighted by Crippen LogP contribution is 2.31. The van der Waals surface area contributed by atoms with E-state index in [-0.39, 0.29) is 5.82 Å². The Morgan fingerprint density at radius 2 is 1.89 bits per heavy atom. The van der Waals surface area contributed by atoms with Crippen LogP contribution in [0.15, 0.2) is 54.9 Å². The van der Waals surface area contributed by atoms with Crippen LogP contribution in [0.1, 0.15) is 25.5 Å². The molecule has 3 heterocycles. The van der Waals surface area contributed by atoms with Gasteiger partial charge in [-0.25, -0.2) is 14.4 Å². The van der Waals surface area contributed by atoms with Crippen molar-refractivity contribution >= 4 is 22.5 Å². The van der Waals surface area contributed by atoms with Gasteiger partial charge in [-0.15, -0.1) is 0 Å². The predicted molar refractivity (Wildman–Crippen MR) is 106 cm³/mol. The van der Waals surface area contributed by atoms with Gasteiger partial charge in [0.1, 0.15) is 17.5 Å². The molecule has 27 heavy (non-hydrogen) atoms. The van der Waals surface area contributed by atoms with Crippen LogP contribution in [0.25, 0.3) is 22.0 Å². The maximum absolute atomic E-state index is 14.5. The molecule has 4 aromatic rings. The minimum atomic E-state index is -0.365. The number of pyridine rings is 2. The molecule has 0 atom stereocenters. The van der Waals surface area contributed by atoms with E-state index in [0.717, 1.165) is 22.2 Å². The van der Waals surface area contributed by atoms with Gasteiger partial charge in [0.25, 0.3) is 0 Å². The van der Waals surface area contributed by atoms with Gasteiger partial charge in [0.2, 0.25) is 0 Å². The van der Waals surface area contributed by atoms with Crippen molar-refractivity contribution in [3.63, 3.8) is 0 Å². The van der Waals surface area contributed by atoms with Crippen molar-refractivity contribution in [2.45, 2.75) is 19.8 Å². The second-order valence-electron chi connectivity index (χ2n) is 6.78. The van der Waals surface area contributed by atoms with Crippen molar-refractivity contribution < 1.29 is 4.39 Å². The third-order valence-corrected chi connectivity index (χ3v) is 4.51. The average molecular weight is 361 g/mol. The van der Waals surface area contributed by atoms with Gasteiger partial charge >= 0.3 is 0 Å². The molecule has 0 aliphatic carbocycles. The molecule has 0 fully saturated rings. The molecule has 0 spiro atoms. The highest BCUT2D eigenvalue weighted by atomic mass is 19.1. The van der Waals surface area contributed by atoms with Gasteiger partial charge in [0.05, 0.1) is 11.7 Å². The first-order chi connectivity index (χ1) is 13.0. The van der Waals surface area contributed by atoms with Gasteiger partial charge in [0.15, 0.2) is 0 Å². The average Bonchev–Trinajstić information content (AvgIpc) is 2.99. The van der Waals surface area contributed by atoms with Crippen LogP contribution in [0.3, 0.4) is 0 Å². The number of nitrogens with zero attached hydrogens (tertiary/aromatic N) is 4. The number of halogens is 1. The van der Waals surface area contributed by atoms with Crippen molar-refractivity contribution in [2.24, 2.45) is 7.05 Å². The largest absolute Gasteiger partial charge is 0.325 e. The van der Waals surface area contributed by atoms with Gasteiger partial charge in [-0.3, -0.25) is 4.68 Å². The van der Waals surface area contributed by atoms with Crippen LogP contribution in [0.4, 0.5) is 16.0 Å². The van der Waals surface area contributed by atoms with E-state index in [2.05, 4.69) is 34.2 Å². The number of anilines is 2. The number of fused-ring (bicyclic) bond motifs is 1. The van der Waals surface area contributed by atoms with Gasteiger partial charge in [0, 0.05) is 29.9 Å². The fourth-order valence-electron chi connectivity index (χ4n) is 3.37. The SMILES string of the molecule is CC(C)c1c2cc(-c3cc(Nc4ccccn4)ncc3F)ccc2nn1C. The van der Waals surface area contributed by atoms with Crippen molar-refractivity contribution in [1.29, 1.82) is 0 Å². The van der Waals surface area contributed by atoms with Crippen molar-refractivity contribution in [3.8, 4) is 11.1 Å². The Morgan fingerprint density at radius 1 is 1.04 bits per heavy atom. The van der Waals surface area contributed by atoms with Crippen LogP contribution < -0.4 is 5.32 Å². The molecule has 0 amide bonds. The summed E-state index contributed by atoms with van der Waals surface area (Å²) in [7, 11) is 1.94. The van der Waals surface area contributed by atoms with E-state index >= 15 is 0 Å². The molecule has 1 aromatic carbocycles. The van der Waals surface area contributed by atoms with Crippen molar-refractivity contribution in [3.05, 3.63) is 66.4 Å². The molecule has 0 saturated heterocycles. The molecule has 0 aliphatic rings. The molecule has 4 rings (SSSR count). The van der Waals surface area contributed by atoms with Crippen LogP contribution in [0.5, 0.6) is 0 Å². The third-order valence-electron chi connectivity index (χ3n) is 4.51. The maximum atomic E-state index is 14.5. The number of hydrogen-bond donors (Lipinski definition) is 1. The number of nitrogens with one attached hydrogen (secondary N) is 1. The molecular formula is C21H20FN5. The zero-order valence-corrected chi connectivity index (χ0v) is 15.4. The van der Waals surface area contributed by atoms with Crippen LogP contribution >= 0.6 is 0 Å². The fourth-order valence-corrected chi connectivity index (χ4v) is 3.37. The van der Waals surface area contributed by atoms with E-state index in [1.807, 2.05) is 48.1 Å². The summed E-state index contributed by atoms with van der Waals surface area (Å²) in [5.74, 6) is 1.16. The lowest BCUT2D eigenvalue weighted by Gasteiger charge is -2.09. The van der Waals surface area contributed by atoms with E-state index in [4.69, 9.17) is 0 Å². The summed E-state index contributed by atoms with van der Waals surface area (Å²) in [4.78, 5) is 8.35. The van der Waals surface area contributed by atoms with Crippen molar-refractivity contribution in [2.75, 3.05) is 5.32 Å². The second kappa shape index (κ2) is 6.79. The van der Waals surface area contributed by atoms with E-state index in [1.165, 1.54) is 6.20 Å². The van der Waals surface area contributed by atoms with Crippen LogP contribution in [0, 0.1) is 5.82 Å². The summed E-state index contributed by atoms with van der Waals surface area (Å²) in [6, 6.07) is 13.1. The number of aromatic nitrogens is 4. The van der Waals surface area contributed by atoms with Crippen molar-refractivity contribution in [1.82, 2.24) is 19.7 Å². The Labute approximate surface area is 156 Å². The van der Waals surface area contributed by atoms with E-state index < -0.39 is 0 Å². The van der Waals surface area contributed by atoms with E-state index in [1.54, 1.807) is 12.3 Å². The van der Waals surface area contributed by atoms with E-state index in [9.17, 15) is 4.39 Å². The van der Waals surface area contributed by atoms with Gasteiger partial charge in [-0.05, 0) is 41.8 Å². The summed E-state index contributed by atoms with van der Waals surface area (Å²) in [5.41, 5.74) is 3.32. The van der Waals surface area contributed by atoms with Gasteiger partial charge in [-0.2, -0.15) is 5.10 Å². The Hall–Kier alpha value is -3.28. The summed E-state index contributed by atoms with van der Waals surface area (Å²) in [5, 5.41) is 8.70. The molecular weight excluding hydrogens is 341 g/mol. The number of hydrogen-bond acceptors (Lipinski definition) is 4. The Morgan fingerprint density at radius 3 is 2.63 bits per heavy atom. The quantitative estimate of drug-likeness (QED) is 0.553. The molecule has 6 heteroatoms. The zero-order chi connectivity index (χ0) is 19.0. The third kappa shape index (κ3) is 3.26. The zero-order valence-electron chi connectivity index (χ0n) is 15.4. The first-order valence-corrected chi connectivity index (χ1v) is 8.83. The topological polar surface area (TPSA) is 55.6 Å². The molecule has 0 saturated carbocycles. The summed E-state index contributed by atoms with van der Waals surface area (Å²) >= 11 is 0. The van der Waals surface area contributed by atoms with Gasteiger partial charge < -0.3 is 5.32 Å². The maximum Gasteiger partial charge on any atom is 0.149 e. The fraction of sp³-hybridized carbons (Fsp3) is 0.190. The smallest absolute Gasteiger partial charge is 0.149 e. The standard InChI is InChI=1S/C21H20FN5/c1-13(2)21-16-10-14(7-8-18(16)26-27(21)3)15-11-20(24-12-17(15)22)25-19-6-4-5-9-23-19/h4-13H,1-3H3,(H,23,24,25). The number of aryl methyl sites for hydroxylation is 1. The lowest BCUT2D eigenvalue weighted by atomic mass is 10.0. The van der Waals surface area contributed by atoms with Gasteiger partial charge in [-0.1, -0.05) is 26.0 Å². The summed E-state index contributed by atoms with van der Waals surface area (Å²) in [6.45, 7) is 4.26. The number of rotatable bonds is 4. The lowest BCUT2D eigenvalue weighted by molar-refractivity contribution is 0.625. The molecule has 0 aliphatic heterocycles. The Balaban J connectivity index is 1.78. The van der Waals surface area contributed by atoms with Crippen LogP contribution in [0.2, 0.25) is 0 Å². The highest BCUT2D eigenvalue weighted by Gasteiger charge is 2.15. The lowest BCUT2D eigenvalue weighted by Crippen LogP contribution is -1.99. The number of benzene rings is 1. The summed E-state index contributed by atoms with van der Waals surface area (Å²) < 4.78 is 16.4. The molecule has 5 nitrogen and oxygen atoms in total. The monoisotopic (exact) mass is 361 g/mol. The molecule has 0 radical (unpaired) electrons. The van der Waals surface area contributed by atoms with Crippen LogP contribution in [-0.4, -0.2) is 19.7 Å². The highest BCUT2D eigenvalue weighted by molar-refractivity contribution is 5.87.